The third-order valence-corrected chi connectivity index (χ3v) is 5.52. The number of nitrogens with one attached hydrogen (secondary N) is 2. The molecule has 2 fully saturated rings. The molecule has 1 atom stereocenters. The van der Waals surface area contributed by atoms with Crippen molar-refractivity contribution in [2.24, 2.45) is 4.99 Å². The van der Waals surface area contributed by atoms with E-state index >= 15 is 0 Å². The number of hydrogen-bond donors (Lipinski definition) is 2. The van der Waals surface area contributed by atoms with Crippen molar-refractivity contribution in [3.63, 3.8) is 0 Å². The highest BCUT2D eigenvalue weighted by atomic mass is 16.6. The molecule has 2 rings (SSSR count). The number of rotatable bonds is 7. The van der Waals surface area contributed by atoms with Gasteiger partial charge in [-0.3, -0.25) is 4.99 Å². The summed E-state index contributed by atoms with van der Waals surface area (Å²) in [5, 5.41) is 6.45. The smallest absolute Gasteiger partial charge is 0.407 e. The average Bonchev–Trinajstić information content (AvgIpc) is 3.11. The molecule has 168 valence electrons. The molecule has 2 aliphatic rings. The van der Waals surface area contributed by atoms with E-state index in [9.17, 15) is 4.79 Å². The Morgan fingerprint density at radius 2 is 1.79 bits per heavy atom. The molecular weight excluding hydrogens is 368 g/mol. The van der Waals surface area contributed by atoms with Gasteiger partial charge >= 0.3 is 6.09 Å². The Labute approximate surface area is 177 Å². The maximum absolute atomic E-state index is 12.0. The Kier molecular flexibility index (Phi) is 9.49. The van der Waals surface area contributed by atoms with Gasteiger partial charge in [-0.2, -0.15) is 0 Å². The van der Waals surface area contributed by atoms with Crippen LogP contribution in [-0.2, 0) is 4.74 Å². The number of guanidine groups is 1. The number of amides is 1. The van der Waals surface area contributed by atoms with E-state index in [4.69, 9.17) is 4.74 Å². The number of nitrogens with zero attached hydrogens (tertiary/aromatic N) is 4. The fourth-order valence-electron chi connectivity index (χ4n) is 3.87. The van der Waals surface area contributed by atoms with Gasteiger partial charge in [-0.25, -0.2) is 4.79 Å². The first-order chi connectivity index (χ1) is 13.8. The number of likely N-dealkylation sites (N-methyl/N-ethyl adjacent to an activating group) is 1. The molecule has 1 unspecified atom stereocenters. The van der Waals surface area contributed by atoms with Crippen LogP contribution in [0.4, 0.5) is 4.79 Å². The molecular formula is C21H42N6O2. The van der Waals surface area contributed by atoms with E-state index in [1.54, 1.807) is 0 Å². The summed E-state index contributed by atoms with van der Waals surface area (Å²) in [5.41, 5.74) is -0.469. The molecule has 0 aromatic carbocycles. The average molecular weight is 411 g/mol. The summed E-state index contributed by atoms with van der Waals surface area (Å²) in [7, 11) is 1.82. The van der Waals surface area contributed by atoms with Gasteiger partial charge in [-0.1, -0.05) is 6.92 Å². The zero-order chi connectivity index (χ0) is 21.3. The zero-order valence-corrected chi connectivity index (χ0v) is 19.2. The van der Waals surface area contributed by atoms with Crippen LogP contribution in [0.15, 0.2) is 4.99 Å². The minimum atomic E-state index is -0.469. The molecule has 0 radical (unpaired) electrons. The van der Waals surface area contributed by atoms with Crippen LogP contribution in [0.2, 0.25) is 0 Å². The maximum atomic E-state index is 12.0. The summed E-state index contributed by atoms with van der Waals surface area (Å²) < 4.78 is 5.35. The lowest BCUT2D eigenvalue weighted by atomic mass is 10.2. The Bertz CT molecular complexity index is 526. The standard InChI is InChI=1S/C21H42N6O2/c1-6-25-13-15-26(16-14-25)11-8-7-10-23-19(22-5)27-12-9-18(17-27)24-20(28)29-21(2,3)4/h18H,6-17H2,1-5H3,(H,22,23)(H,24,28). The minimum Gasteiger partial charge on any atom is -0.444 e. The summed E-state index contributed by atoms with van der Waals surface area (Å²) in [6.45, 7) is 17.6. The number of alkyl carbamates (subject to hydrolysis) is 1. The van der Waals surface area contributed by atoms with Crippen molar-refractivity contribution in [2.45, 2.75) is 58.6 Å². The van der Waals surface area contributed by atoms with Crippen LogP contribution in [0.5, 0.6) is 0 Å². The number of ether oxygens (including phenoxy) is 1. The number of likely N-dealkylation sites (tertiary alicyclic amines) is 1. The summed E-state index contributed by atoms with van der Waals surface area (Å²) in [6, 6.07) is 0.102. The molecule has 0 aromatic rings. The SMILES string of the molecule is CCN1CCN(CCCCNC(=NC)N2CCC(NC(=O)OC(C)(C)C)C2)CC1. The van der Waals surface area contributed by atoms with E-state index in [1.807, 2.05) is 27.8 Å². The number of carbonyl (C=O) groups is 1. The van der Waals surface area contributed by atoms with Crippen LogP contribution >= 0.6 is 0 Å². The van der Waals surface area contributed by atoms with Crippen molar-refractivity contribution in [2.75, 3.05) is 66.0 Å². The highest BCUT2D eigenvalue weighted by Gasteiger charge is 2.27. The zero-order valence-electron chi connectivity index (χ0n) is 19.2. The van der Waals surface area contributed by atoms with Crippen LogP contribution in [-0.4, -0.2) is 104 Å². The van der Waals surface area contributed by atoms with Crippen molar-refractivity contribution in [1.82, 2.24) is 25.3 Å². The summed E-state index contributed by atoms with van der Waals surface area (Å²) in [5.74, 6) is 0.926. The molecule has 2 N–H and O–H groups in total. The number of unbranched alkanes of at least 4 members (excludes halogenated alkanes) is 1. The number of piperazine rings is 1. The van der Waals surface area contributed by atoms with Crippen molar-refractivity contribution in [3.05, 3.63) is 0 Å². The normalized spacial score (nSPS) is 22.0. The van der Waals surface area contributed by atoms with E-state index < -0.39 is 5.60 Å². The number of hydrogen-bond acceptors (Lipinski definition) is 5. The van der Waals surface area contributed by atoms with Gasteiger partial charge in [0.05, 0.1) is 6.04 Å². The lowest BCUT2D eigenvalue weighted by Gasteiger charge is -2.34. The van der Waals surface area contributed by atoms with Gasteiger partial charge in [-0.15, -0.1) is 0 Å². The third kappa shape index (κ3) is 8.78. The largest absolute Gasteiger partial charge is 0.444 e. The minimum absolute atomic E-state index is 0.102. The highest BCUT2D eigenvalue weighted by Crippen LogP contribution is 2.12. The van der Waals surface area contributed by atoms with Gasteiger partial charge in [0.15, 0.2) is 5.96 Å². The highest BCUT2D eigenvalue weighted by molar-refractivity contribution is 5.80. The van der Waals surface area contributed by atoms with Crippen molar-refractivity contribution in [3.8, 4) is 0 Å². The van der Waals surface area contributed by atoms with Crippen LogP contribution in [0.1, 0.15) is 47.0 Å². The van der Waals surface area contributed by atoms with Crippen LogP contribution in [0.25, 0.3) is 0 Å². The van der Waals surface area contributed by atoms with E-state index in [2.05, 4.69) is 37.2 Å². The Morgan fingerprint density at radius 1 is 1.10 bits per heavy atom. The molecule has 0 saturated carbocycles. The van der Waals surface area contributed by atoms with Crippen LogP contribution in [0.3, 0.4) is 0 Å². The third-order valence-electron chi connectivity index (χ3n) is 5.52. The summed E-state index contributed by atoms with van der Waals surface area (Å²) >= 11 is 0. The van der Waals surface area contributed by atoms with E-state index in [0.717, 1.165) is 38.4 Å². The lowest BCUT2D eigenvalue weighted by molar-refractivity contribution is 0.0507. The monoisotopic (exact) mass is 410 g/mol. The molecule has 2 heterocycles. The number of aliphatic imine (C=N–C) groups is 1. The van der Waals surface area contributed by atoms with Gasteiger partial charge in [0.1, 0.15) is 5.60 Å². The quantitative estimate of drug-likeness (QED) is 0.377. The lowest BCUT2D eigenvalue weighted by Crippen LogP contribution is -2.46. The van der Waals surface area contributed by atoms with Gasteiger partial charge in [0, 0.05) is 52.9 Å². The van der Waals surface area contributed by atoms with Crippen molar-refractivity contribution >= 4 is 12.1 Å². The van der Waals surface area contributed by atoms with Gasteiger partial charge in [-0.05, 0) is 53.1 Å². The Hall–Kier alpha value is -1.54. The second kappa shape index (κ2) is 11.6. The topological polar surface area (TPSA) is 72.4 Å². The van der Waals surface area contributed by atoms with Gasteiger partial charge in [0.2, 0.25) is 0 Å². The Morgan fingerprint density at radius 3 is 2.41 bits per heavy atom. The Balaban J connectivity index is 1.60. The summed E-state index contributed by atoms with van der Waals surface area (Å²) in [6.07, 6.45) is 2.91. The van der Waals surface area contributed by atoms with E-state index in [0.29, 0.717) is 0 Å². The van der Waals surface area contributed by atoms with Crippen molar-refractivity contribution < 1.29 is 9.53 Å². The molecule has 2 saturated heterocycles. The molecule has 0 bridgehead atoms. The first-order valence-electron chi connectivity index (χ1n) is 11.2. The van der Waals surface area contributed by atoms with Gasteiger partial charge in [0.25, 0.3) is 0 Å². The fourth-order valence-corrected chi connectivity index (χ4v) is 3.87. The first kappa shape index (κ1) is 23.7. The van der Waals surface area contributed by atoms with Crippen molar-refractivity contribution in [1.29, 1.82) is 0 Å². The molecule has 2 aliphatic heterocycles. The summed E-state index contributed by atoms with van der Waals surface area (Å²) in [4.78, 5) is 23.7. The number of carbonyl (C=O) groups excluding carboxylic acids is 1. The second-order valence-electron chi connectivity index (χ2n) is 9.03. The van der Waals surface area contributed by atoms with Crippen LogP contribution in [0, 0.1) is 0 Å². The molecule has 8 heteroatoms. The first-order valence-corrected chi connectivity index (χ1v) is 11.2. The van der Waals surface area contributed by atoms with E-state index in [1.165, 1.54) is 45.7 Å². The van der Waals surface area contributed by atoms with Gasteiger partial charge < -0.3 is 30.1 Å². The fraction of sp³-hybridized carbons (Fsp3) is 0.905. The molecule has 0 aliphatic carbocycles. The maximum Gasteiger partial charge on any atom is 0.407 e. The molecule has 8 nitrogen and oxygen atoms in total. The second-order valence-corrected chi connectivity index (χ2v) is 9.03. The molecule has 0 spiro atoms. The predicted molar refractivity (Wildman–Crippen MR) is 118 cm³/mol. The van der Waals surface area contributed by atoms with Crippen LogP contribution < -0.4 is 10.6 Å². The van der Waals surface area contributed by atoms with E-state index in [-0.39, 0.29) is 12.1 Å². The molecule has 0 aromatic heterocycles. The predicted octanol–water partition coefficient (Wildman–Crippen LogP) is 1.58. The molecule has 29 heavy (non-hydrogen) atoms. The molecule has 1 amide bonds.